The molecule has 0 unspecified atom stereocenters. The van der Waals surface area contributed by atoms with Gasteiger partial charge < -0.3 is 5.32 Å². The first-order chi connectivity index (χ1) is 8.79. The van der Waals surface area contributed by atoms with Gasteiger partial charge in [0.25, 0.3) is 0 Å². The summed E-state index contributed by atoms with van der Waals surface area (Å²) < 4.78 is 14.6. The molecule has 0 saturated heterocycles. The molecule has 2 aromatic rings. The van der Waals surface area contributed by atoms with E-state index in [1.807, 2.05) is 4.68 Å². The molecule has 0 radical (unpaired) electrons. The monoisotopic (exact) mass is 248 g/mol. The molecule has 1 aromatic heterocycles. The molecular weight excluding hydrogens is 231 g/mol. The van der Waals surface area contributed by atoms with Crippen molar-refractivity contribution in [2.75, 3.05) is 6.54 Å². The number of nitrogens with zero attached hydrogens (tertiary/aromatic N) is 3. The summed E-state index contributed by atoms with van der Waals surface area (Å²) in [5.74, 6) is 0.676. The van der Waals surface area contributed by atoms with Crippen LogP contribution in [-0.2, 0) is 13.1 Å². The number of rotatable bonds is 6. The minimum Gasteiger partial charge on any atom is -0.310 e. The van der Waals surface area contributed by atoms with E-state index in [9.17, 15) is 4.39 Å². The molecule has 0 aliphatic carbocycles. The zero-order valence-electron chi connectivity index (χ0n) is 10.4. The Morgan fingerprint density at radius 1 is 1.28 bits per heavy atom. The van der Waals surface area contributed by atoms with E-state index in [1.165, 1.54) is 12.1 Å². The molecule has 96 valence electrons. The molecule has 18 heavy (non-hydrogen) atoms. The van der Waals surface area contributed by atoms with Crippen molar-refractivity contribution in [3.05, 3.63) is 47.8 Å². The molecule has 1 N–H and O–H groups in total. The van der Waals surface area contributed by atoms with Gasteiger partial charge >= 0.3 is 0 Å². The maximum absolute atomic E-state index is 12.8. The highest BCUT2D eigenvalue weighted by Gasteiger charge is 2.04. The summed E-state index contributed by atoms with van der Waals surface area (Å²) in [6.07, 6.45) is 2.64. The van der Waals surface area contributed by atoms with Crippen molar-refractivity contribution in [3.63, 3.8) is 0 Å². The van der Waals surface area contributed by atoms with E-state index in [0.717, 1.165) is 24.4 Å². The highest BCUT2D eigenvalue weighted by Crippen LogP contribution is 2.05. The molecule has 0 aliphatic heterocycles. The summed E-state index contributed by atoms with van der Waals surface area (Å²) in [5.41, 5.74) is 1.01. The van der Waals surface area contributed by atoms with Crippen LogP contribution in [0, 0.1) is 5.82 Å². The van der Waals surface area contributed by atoms with Gasteiger partial charge in [0.1, 0.15) is 18.0 Å². The van der Waals surface area contributed by atoms with Gasteiger partial charge in [-0.2, -0.15) is 5.10 Å². The lowest BCUT2D eigenvalue weighted by atomic mass is 10.2. The second-order valence-electron chi connectivity index (χ2n) is 4.14. The van der Waals surface area contributed by atoms with Gasteiger partial charge in [-0.15, -0.1) is 0 Å². The molecule has 0 fully saturated rings. The molecule has 0 atom stereocenters. The largest absolute Gasteiger partial charge is 0.310 e. The third-order valence-electron chi connectivity index (χ3n) is 2.65. The Labute approximate surface area is 106 Å². The molecule has 1 aromatic carbocycles. The number of nitrogens with one attached hydrogen (secondary N) is 1. The maximum atomic E-state index is 12.8. The predicted octanol–water partition coefficient (Wildman–Crippen LogP) is 1.97. The Kier molecular flexibility index (Phi) is 4.41. The Hall–Kier alpha value is -1.75. The fourth-order valence-corrected chi connectivity index (χ4v) is 1.70. The average Bonchev–Trinajstić information content (AvgIpc) is 2.80. The van der Waals surface area contributed by atoms with Crippen molar-refractivity contribution in [3.8, 4) is 0 Å². The third-order valence-corrected chi connectivity index (χ3v) is 2.65. The standard InChI is InChI=1S/C13H17FN4/c1-2-7-15-8-13-16-10-17-18(13)9-11-3-5-12(14)6-4-11/h3-6,10,15H,2,7-9H2,1H3. The second-order valence-corrected chi connectivity index (χ2v) is 4.14. The Balaban J connectivity index is 2.00. The number of hydrogen-bond acceptors (Lipinski definition) is 3. The van der Waals surface area contributed by atoms with Crippen LogP contribution in [0.4, 0.5) is 4.39 Å². The Bertz CT molecular complexity index is 478. The van der Waals surface area contributed by atoms with Gasteiger partial charge in [-0.05, 0) is 30.7 Å². The van der Waals surface area contributed by atoms with Crippen LogP contribution < -0.4 is 5.32 Å². The first kappa shape index (κ1) is 12.7. The molecule has 2 rings (SSSR count). The highest BCUT2D eigenvalue weighted by molar-refractivity contribution is 5.16. The van der Waals surface area contributed by atoms with E-state index in [4.69, 9.17) is 0 Å². The van der Waals surface area contributed by atoms with Gasteiger partial charge in [-0.3, -0.25) is 0 Å². The summed E-state index contributed by atoms with van der Waals surface area (Å²) in [5, 5.41) is 7.47. The van der Waals surface area contributed by atoms with Crippen LogP contribution in [0.25, 0.3) is 0 Å². The van der Waals surface area contributed by atoms with Crippen LogP contribution in [0.3, 0.4) is 0 Å². The summed E-state index contributed by atoms with van der Waals surface area (Å²) in [6, 6.07) is 6.45. The zero-order valence-corrected chi connectivity index (χ0v) is 10.4. The third kappa shape index (κ3) is 3.37. The van der Waals surface area contributed by atoms with E-state index >= 15 is 0 Å². The van der Waals surface area contributed by atoms with E-state index in [0.29, 0.717) is 13.1 Å². The van der Waals surface area contributed by atoms with Crippen molar-refractivity contribution in [2.45, 2.75) is 26.4 Å². The number of benzene rings is 1. The summed E-state index contributed by atoms with van der Waals surface area (Å²) in [7, 11) is 0. The first-order valence-electron chi connectivity index (χ1n) is 6.11. The topological polar surface area (TPSA) is 42.7 Å². The van der Waals surface area contributed by atoms with Crippen molar-refractivity contribution in [1.29, 1.82) is 0 Å². The summed E-state index contributed by atoms with van der Waals surface area (Å²) in [6.45, 7) is 4.40. The van der Waals surface area contributed by atoms with E-state index in [2.05, 4.69) is 22.3 Å². The molecule has 0 aliphatic rings. The second kappa shape index (κ2) is 6.26. The number of halogens is 1. The van der Waals surface area contributed by atoms with Crippen molar-refractivity contribution >= 4 is 0 Å². The van der Waals surface area contributed by atoms with Gasteiger partial charge in [-0.25, -0.2) is 14.1 Å². The van der Waals surface area contributed by atoms with Crippen LogP contribution in [0.5, 0.6) is 0 Å². The minimum absolute atomic E-state index is 0.220. The van der Waals surface area contributed by atoms with Crippen molar-refractivity contribution in [1.82, 2.24) is 20.1 Å². The Morgan fingerprint density at radius 3 is 2.78 bits per heavy atom. The molecule has 0 saturated carbocycles. The number of hydrogen-bond donors (Lipinski definition) is 1. The van der Waals surface area contributed by atoms with Crippen LogP contribution in [0.2, 0.25) is 0 Å². The quantitative estimate of drug-likeness (QED) is 0.795. The van der Waals surface area contributed by atoms with Crippen LogP contribution in [0.1, 0.15) is 24.7 Å². The highest BCUT2D eigenvalue weighted by atomic mass is 19.1. The summed E-state index contributed by atoms with van der Waals surface area (Å²) in [4.78, 5) is 4.22. The smallest absolute Gasteiger partial charge is 0.141 e. The van der Waals surface area contributed by atoms with Gasteiger partial charge in [0.05, 0.1) is 13.1 Å². The van der Waals surface area contributed by atoms with Crippen LogP contribution >= 0.6 is 0 Å². The Morgan fingerprint density at radius 2 is 2.06 bits per heavy atom. The molecule has 0 spiro atoms. The number of aromatic nitrogens is 3. The fraction of sp³-hybridized carbons (Fsp3) is 0.385. The van der Waals surface area contributed by atoms with Crippen molar-refractivity contribution in [2.24, 2.45) is 0 Å². The maximum Gasteiger partial charge on any atom is 0.141 e. The van der Waals surface area contributed by atoms with E-state index in [-0.39, 0.29) is 5.82 Å². The average molecular weight is 248 g/mol. The van der Waals surface area contributed by atoms with Gasteiger partial charge in [0.15, 0.2) is 0 Å². The molecular formula is C13H17FN4. The van der Waals surface area contributed by atoms with Crippen LogP contribution in [-0.4, -0.2) is 21.3 Å². The molecule has 0 bridgehead atoms. The molecule has 5 heteroatoms. The fourth-order valence-electron chi connectivity index (χ4n) is 1.70. The first-order valence-corrected chi connectivity index (χ1v) is 6.11. The lowest BCUT2D eigenvalue weighted by Gasteiger charge is -2.07. The lowest BCUT2D eigenvalue weighted by molar-refractivity contribution is 0.581. The predicted molar refractivity (Wildman–Crippen MR) is 67.5 cm³/mol. The lowest BCUT2D eigenvalue weighted by Crippen LogP contribution is -2.18. The summed E-state index contributed by atoms with van der Waals surface area (Å²) >= 11 is 0. The van der Waals surface area contributed by atoms with Crippen molar-refractivity contribution < 1.29 is 4.39 Å². The SMILES string of the molecule is CCCNCc1ncnn1Cc1ccc(F)cc1. The normalized spacial score (nSPS) is 10.8. The van der Waals surface area contributed by atoms with E-state index in [1.54, 1.807) is 18.5 Å². The molecule has 0 amide bonds. The van der Waals surface area contributed by atoms with Gasteiger partial charge in [0.2, 0.25) is 0 Å². The van der Waals surface area contributed by atoms with E-state index < -0.39 is 0 Å². The molecule has 1 heterocycles. The van der Waals surface area contributed by atoms with Gasteiger partial charge in [0, 0.05) is 0 Å². The minimum atomic E-state index is -0.220. The van der Waals surface area contributed by atoms with Gasteiger partial charge in [-0.1, -0.05) is 19.1 Å². The zero-order chi connectivity index (χ0) is 12.8. The molecule has 4 nitrogen and oxygen atoms in total. The van der Waals surface area contributed by atoms with Crippen LogP contribution in [0.15, 0.2) is 30.6 Å².